The van der Waals surface area contributed by atoms with Gasteiger partial charge in [-0.3, -0.25) is 14.6 Å². The number of carboxylic acid groups (broad SMARTS) is 1. The first-order chi connectivity index (χ1) is 9.75. The van der Waals surface area contributed by atoms with E-state index >= 15 is 0 Å². The molecule has 1 atom stereocenters. The highest BCUT2D eigenvalue weighted by Crippen LogP contribution is 2.28. The molecule has 2 N–H and O–H groups in total. The van der Waals surface area contributed by atoms with Gasteiger partial charge >= 0.3 is 12.1 Å². The van der Waals surface area contributed by atoms with Gasteiger partial charge in [-0.2, -0.15) is 13.2 Å². The van der Waals surface area contributed by atoms with Crippen LogP contribution in [0.1, 0.15) is 35.8 Å². The second-order valence-corrected chi connectivity index (χ2v) is 4.46. The Bertz CT molecular complexity index is 500. The first kappa shape index (κ1) is 16.9. The van der Waals surface area contributed by atoms with Crippen LogP contribution in [0.3, 0.4) is 0 Å². The molecule has 0 fully saturated rings. The van der Waals surface area contributed by atoms with Gasteiger partial charge in [0, 0.05) is 12.7 Å². The molecule has 0 aromatic carbocycles. The van der Waals surface area contributed by atoms with Crippen LogP contribution in [-0.4, -0.2) is 28.5 Å². The Balaban J connectivity index is 2.65. The van der Waals surface area contributed by atoms with Gasteiger partial charge in [-0.25, -0.2) is 0 Å². The Morgan fingerprint density at radius 2 is 2.05 bits per heavy atom. The van der Waals surface area contributed by atoms with E-state index in [0.29, 0.717) is 19.0 Å². The maximum absolute atomic E-state index is 12.3. The molecule has 0 spiro atoms. The third-order valence-corrected chi connectivity index (χ3v) is 2.82. The molecule has 0 radical (unpaired) electrons. The lowest BCUT2D eigenvalue weighted by molar-refractivity contribution is -0.141. The van der Waals surface area contributed by atoms with Crippen molar-refractivity contribution in [3.05, 3.63) is 29.6 Å². The fraction of sp³-hybridized carbons (Fsp3) is 0.462. The van der Waals surface area contributed by atoms with E-state index in [0.717, 1.165) is 12.1 Å². The summed E-state index contributed by atoms with van der Waals surface area (Å²) in [7, 11) is 0. The van der Waals surface area contributed by atoms with Crippen LogP contribution in [0.25, 0.3) is 0 Å². The van der Waals surface area contributed by atoms with Crippen LogP contribution in [0, 0.1) is 5.92 Å². The fourth-order valence-corrected chi connectivity index (χ4v) is 1.66. The molecule has 5 nitrogen and oxygen atoms in total. The number of carboxylic acids is 1. The number of halogens is 3. The molecule has 0 bridgehead atoms. The minimum Gasteiger partial charge on any atom is -0.481 e. The highest BCUT2D eigenvalue weighted by Gasteiger charge is 2.31. The van der Waals surface area contributed by atoms with Gasteiger partial charge in [0.2, 0.25) is 0 Å². The highest BCUT2D eigenvalue weighted by atomic mass is 19.4. The zero-order valence-electron chi connectivity index (χ0n) is 11.3. The maximum atomic E-state index is 12.3. The van der Waals surface area contributed by atoms with Crippen LogP contribution >= 0.6 is 0 Å². The number of nitrogens with one attached hydrogen (secondary N) is 1. The van der Waals surface area contributed by atoms with Crippen molar-refractivity contribution in [3.63, 3.8) is 0 Å². The molecule has 0 aliphatic heterocycles. The first-order valence-electron chi connectivity index (χ1n) is 6.30. The van der Waals surface area contributed by atoms with Crippen LogP contribution in [0.2, 0.25) is 0 Å². The highest BCUT2D eigenvalue weighted by molar-refractivity contribution is 5.92. The monoisotopic (exact) mass is 304 g/mol. The SMILES string of the molecule is CCCC(CNC(=O)c1ccc(C(F)(F)F)cn1)C(=O)O. The number of pyridine rings is 1. The second kappa shape index (κ2) is 7.05. The van der Waals surface area contributed by atoms with E-state index in [1.54, 1.807) is 0 Å². The summed E-state index contributed by atoms with van der Waals surface area (Å²) >= 11 is 0. The summed E-state index contributed by atoms with van der Waals surface area (Å²) in [6, 6.07) is 1.70. The Hall–Kier alpha value is -2.12. The first-order valence-corrected chi connectivity index (χ1v) is 6.30. The molecule has 1 heterocycles. The number of alkyl halides is 3. The van der Waals surface area contributed by atoms with Gasteiger partial charge in [0.25, 0.3) is 5.91 Å². The molecule has 8 heteroatoms. The van der Waals surface area contributed by atoms with Gasteiger partial charge < -0.3 is 10.4 Å². The van der Waals surface area contributed by atoms with Gasteiger partial charge in [0.05, 0.1) is 11.5 Å². The largest absolute Gasteiger partial charge is 0.481 e. The Kier molecular flexibility index (Phi) is 5.69. The number of carbonyl (C=O) groups excluding carboxylic acids is 1. The summed E-state index contributed by atoms with van der Waals surface area (Å²) in [4.78, 5) is 26.0. The van der Waals surface area contributed by atoms with E-state index in [1.165, 1.54) is 0 Å². The van der Waals surface area contributed by atoms with E-state index < -0.39 is 29.5 Å². The molecule has 1 aromatic rings. The van der Waals surface area contributed by atoms with Crippen LogP contribution in [0.15, 0.2) is 18.3 Å². The number of aromatic nitrogens is 1. The van der Waals surface area contributed by atoms with Crippen molar-refractivity contribution in [3.8, 4) is 0 Å². The molecule has 1 rings (SSSR count). The van der Waals surface area contributed by atoms with Crippen LogP contribution < -0.4 is 5.32 Å². The Labute approximate surface area is 119 Å². The van der Waals surface area contributed by atoms with Crippen LogP contribution in [0.5, 0.6) is 0 Å². The van der Waals surface area contributed by atoms with E-state index in [-0.39, 0.29) is 12.2 Å². The standard InChI is InChI=1S/C13H15F3N2O3/c1-2-3-8(12(20)21)6-18-11(19)10-5-4-9(7-17-10)13(14,15)16/h4-5,7-8H,2-3,6H2,1H3,(H,18,19)(H,20,21). The van der Waals surface area contributed by atoms with Crippen molar-refractivity contribution in [2.75, 3.05) is 6.54 Å². The summed E-state index contributed by atoms with van der Waals surface area (Å²) in [6.07, 6.45) is -2.91. The van der Waals surface area contributed by atoms with Gasteiger partial charge in [-0.1, -0.05) is 13.3 Å². The third-order valence-electron chi connectivity index (χ3n) is 2.82. The minimum absolute atomic E-state index is 0.0926. The van der Waals surface area contributed by atoms with Gasteiger partial charge in [-0.05, 0) is 18.6 Å². The fourth-order valence-electron chi connectivity index (χ4n) is 1.66. The number of hydrogen-bond donors (Lipinski definition) is 2. The third kappa shape index (κ3) is 5.05. The Morgan fingerprint density at radius 3 is 2.48 bits per heavy atom. The van der Waals surface area contributed by atoms with Crippen molar-refractivity contribution in [1.82, 2.24) is 10.3 Å². The maximum Gasteiger partial charge on any atom is 0.417 e. The Morgan fingerprint density at radius 1 is 1.38 bits per heavy atom. The van der Waals surface area contributed by atoms with E-state index in [2.05, 4.69) is 10.3 Å². The molecule has 0 aliphatic rings. The smallest absolute Gasteiger partial charge is 0.417 e. The molecule has 0 saturated carbocycles. The van der Waals surface area contributed by atoms with Crippen molar-refractivity contribution in [2.24, 2.45) is 5.92 Å². The summed E-state index contributed by atoms with van der Waals surface area (Å²) in [5, 5.41) is 11.3. The summed E-state index contributed by atoms with van der Waals surface area (Å²) in [5.41, 5.74) is -1.14. The summed E-state index contributed by atoms with van der Waals surface area (Å²) in [6.45, 7) is 1.72. The van der Waals surface area contributed by atoms with Crippen molar-refractivity contribution < 1.29 is 27.9 Å². The number of amides is 1. The zero-order valence-corrected chi connectivity index (χ0v) is 11.3. The summed E-state index contributed by atoms with van der Waals surface area (Å²) < 4.78 is 37.0. The topological polar surface area (TPSA) is 79.3 Å². The van der Waals surface area contributed by atoms with E-state index in [9.17, 15) is 22.8 Å². The normalized spacial score (nSPS) is 12.8. The van der Waals surface area contributed by atoms with Crippen molar-refractivity contribution in [1.29, 1.82) is 0 Å². The molecule has 1 aromatic heterocycles. The predicted octanol–water partition coefficient (Wildman–Crippen LogP) is 2.33. The van der Waals surface area contributed by atoms with Gasteiger partial charge in [-0.15, -0.1) is 0 Å². The molecule has 1 unspecified atom stereocenters. The molecule has 1 amide bonds. The second-order valence-electron chi connectivity index (χ2n) is 4.46. The number of rotatable bonds is 6. The molecule has 21 heavy (non-hydrogen) atoms. The van der Waals surface area contributed by atoms with Crippen LogP contribution in [-0.2, 0) is 11.0 Å². The number of hydrogen-bond acceptors (Lipinski definition) is 3. The predicted molar refractivity (Wildman–Crippen MR) is 67.6 cm³/mol. The number of nitrogens with zero attached hydrogens (tertiary/aromatic N) is 1. The lowest BCUT2D eigenvalue weighted by atomic mass is 10.0. The lowest BCUT2D eigenvalue weighted by Gasteiger charge is -2.12. The molecule has 116 valence electrons. The van der Waals surface area contributed by atoms with Gasteiger partial charge in [0.15, 0.2) is 0 Å². The van der Waals surface area contributed by atoms with E-state index in [4.69, 9.17) is 5.11 Å². The molecular formula is C13H15F3N2O3. The zero-order chi connectivity index (χ0) is 16.0. The molecular weight excluding hydrogens is 289 g/mol. The number of aliphatic carboxylic acids is 1. The van der Waals surface area contributed by atoms with Crippen molar-refractivity contribution in [2.45, 2.75) is 25.9 Å². The average Bonchev–Trinajstić information content (AvgIpc) is 2.42. The van der Waals surface area contributed by atoms with Gasteiger partial charge in [0.1, 0.15) is 5.69 Å². The average molecular weight is 304 g/mol. The summed E-state index contributed by atoms with van der Waals surface area (Å²) in [5.74, 6) is -2.46. The number of carbonyl (C=O) groups is 2. The minimum atomic E-state index is -4.52. The van der Waals surface area contributed by atoms with Crippen molar-refractivity contribution >= 4 is 11.9 Å². The quantitative estimate of drug-likeness (QED) is 0.845. The lowest BCUT2D eigenvalue weighted by Crippen LogP contribution is -2.33. The molecule has 0 saturated heterocycles. The van der Waals surface area contributed by atoms with E-state index in [1.807, 2.05) is 6.92 Å². The van der Waals surface area contributed by atoms with Crippen LogP contribution in [0.4, 0.5) is 13.2 Å². The molecule has 0 aliphatic carbocycles.